The number of nitrogens with zero attached hydrogens (tertiary/aromatic N) is 2. The van der Waals surface area contributed by atoms with Gasteiger partial charge in [-0.05, 0) is 43.5 Å². The summed E-state index contributed by atoms with van der Waals surface area (Å²) in [5, 5.41) is 9.98. The van der Waals surface area contributed by atoms with Crippen LogP contribution >= 0.6 is 0 Å². The summed E-state index contributed by atoms with van der Waals surface area (Å²) >= 11 is 0. The van der Waals surface area contributed by atoms with Crippen molar-refractivity contribution in [2.24, 2.45) is 5.41 Å². The zero-order chi connectivity index (χ0) is 15.4. The van der Waals surface area contributed by atoms with Gasteiger partial charge in [0.1, 0.15) is 11.6 Å². The smallest absolute Gasteiger partial charge is 0.123 e. The Kier molecular flexibility index (Phi) is 4.55. The number of H-pyrrole nitrogens is 1. The topological polar surface area (TPSA) is 52.1 Å². The third kappa shape index (κ3) is 3.54. The Morgan fingerprint density at radius 1 is 1.32 bits per heavy atom. The van der Waals surface area contributed by atoms with E-state index in [0.29, 0.717) is 0 Å². The van der Waals surface area contributed by atoms with E-state index >= 15 is 0 Å². The Morgan fingerprint density at radius 2 is 2.14 bits per heavy atom. The Labute approximate surface area is 130 Å². The zero-order valence-corrected chi connectivity index (χ0v) is 12.6. The molecule has 1 aliphatic rings. The molecule has 1 unspecified atom stereocenters. The molecular formula is C17H22FN3O. The molecule has 2 heterocycles. The quantitative estimate of drug-likeness (QED) is 0.891. The van der Waals surface area contributed by atoms with E-state index in [2.05, 4.69) is 14.9 Å². The number of benzene rings is 1. The van der Waals surface area contributed by atoms with Crippen molar-refractivity contribution in [2.75, 3.05) is 19.7 Å². The molecule has 22 heavy (non-hydrogen) atoms. The van der Waals surface area contributed by atoms with Gasteiger partial charge in [0.15, 0.2) is 0 Å². The molecule has 1 aliphatic heterocycles. The maximum atomic E-state index is 13.0. The minimum atomic E-state index is -0.218. The van der Waals surface area contributed by atoms with Crippen molar-refractivity contribution in [2.45, 2.75) is 25.8 Å². The number of aromatic amines is 1. The Hall–Kier alpha value is -1.72. The van der Waals surface area contributed by atoms with Crippen LogP contribution in [0.25, 0.3) is 0 Å². The lowest BCUT2D eigenvalue weighted by molar-refractivity contribution is 0.0279. The lowest BCUT2D eigenvalue weighted by atomic mass is 9.75. The summed E-state index contributed by atoms with van der Waals surface area (Å²) in [5.41, 5.74) is 0.929. The van der Waals surface area contributed by atoms with Gasteiger partial charge in [0, 0.05) is 24.4 Å². The summed E-state index contributed by atoms with van der Waals surface area (Å²) in [7, 11) is 0. The molecule has 5 heteroatoms. The molecule has 0 saturated carbocycles. The molecule has 1 saturated heterocycles. The molecule has 3 rings (SSSR count). The number of halogens is 1. The fourth-order valence-corrected chi connectivity index (χ4v) is 3.41. The summed E-state index contributed by atoms with van der Waals surface area (Å²) in [6.45, 7) is 2.78. The number of hydrogen-bond donors (Lipinski definition) is 2. The summed E-state index contributed by atoms with van der Waals surface area (Å²) < 4.78 is 13.0. The van der Waals surface area contributed by atoms with E-state index in [0.717, 1.165) is 50.3 Å². The summed E-state index contributed by atoms with van der Waals surface area (Å²) in [4.78, 5) is 9.74. The Balaban J connectivity index is 1.69. The van der Waals surface area contributed by atoms with Gasteiger partial charge in [-0.2, -0.15) is 0 Å². The number of aliphatic hydroxyl groups excluding tert-OH is 1. The number of likely N-dealkylation sites (tertiary alicyclic amines) is 1. The van der Waals surface area contributed by atoms with Gasteiger partial charge in [-0.15, -0.1) is 0 Å². The number of aliphatic hydroxyl groups is 1. The van der Waals surface area contributed by atoms with Crippen LogP contribution in [0.15, 0.2) is 36.7 Å². The zero-order valence-electron chi connectivity index (χ0n) is 12.6. The highest BCUT2D eigenvalue weighted by Crippen LogP contribution is 2.33. The predicted octanol–water partition coefficient (Wildman–Crippen LogP) is 2.37. The fourth-order valence-electron chi connectivity index (χ4n) is 3.41. The summed E-state index contributed by atoms with van der Waals surface area (Å²) in [5.74, 6) is 0.736. The normalized spacial score (nSPS) is 22.8. The van der Waals surface area contributed by atoms with E-state index in [1.807, 2.05) is 18.3 Å². The second kappa shape index (κ2) is 6.58. The van der Waals surface area contributed by atoms with Crippen LogP contribution in [0.4, 0.5) is 4.39 Å². The largest absolute Gasteiger partial charge is 0.396 e. The van der Waals surface area contributed by atoms with E-state index in [4.69, 9.17) is 0 Å². The van der Waals surface area contributed by atoms with Gasteiger partial charge in [-0.3, -0.25) is 4.90 Å². The number of nitrogens with one attached hydrogen (secondary N) is 1. The standard InChI is InChI=1S/C17H22FN3O/c18-15-4-2-14(3-5-15)10-17(13-22)6-1-9-21(12-17)11-16-19-7-8-20-16/h2-5,7-8,22H,1,6,9-13H2,(H,19,20). The third-order valence-electron chi connectivity index (χ3n) is 4.50. The predicted molar refractivity (Wildman–Crippen MR) is 82.7 cm³/mol. The number of hydrogen-bond acceptors (Lipinski definition) is 3. The number of piperidine rings is 1. The summed E-state index contributed by atoms with van der Waals surface area (Å²) in [6.07, 6.45) is 6.42. The van der Waals surface area contributed by atoms with Gasteiger partial charge in [0.2, 0.25) is 0 Å². The highest BCUT2D eigenvalue weighted by atomic mass is 19.1. The fraction of sp³-hybridized carbons (Fsp3) is 0.471. The maximum absolute atomic E-state index is 13.0. The molecule has 118 valence electrons. The molecule has 2 N–H and O–H groups in total. The Bertz CT molecular complexity index is 584. The average molecular weight is 303 g/mol. The highest BCUT2D eigenvalue weighted by molar-refractivity contribution is 5.18. The maximum Gasteiger partial charge on any atom is 0.123 e. The van der Waals surface area contributed by atoms with E-state index in [1.165, 1.54) is 12.1 Å². The van der Waals surface area contributed by atoms with Crippen molar-refractivity contribution in [1.29, 1.82) is 0 Å². The van der Waals surface area contributed by atoms with E-state index in [9.17, 15) is 9.50 Å². The average Bonchev–Trinajstić information content (AvgIpc) is 3.03. The molecule has 0 bridgehead atoms. The van der Waals surface area contributed by atoms with Crippen LogP contribution in [-0.2, 0) is 13.0 Å². The number of rotatable bonds is 5. The van der Waals surface area contributed by atoms with Crippen LogP contribution in [0.2, 0.25) is 0 Å². The third-order valence-corrected chi connectivity index (χ3v) is 4.50. The van der Waals surface area contributed by atoms with Gasteiger partial charge < -0.3 is 10.1 Å². The number of imidazole rings is 1. The second-order valence-electron chi connectivity index (χ2n) is 6.31. The first kappa shape index (κ1) is 15.2. The van der Waals surface area contributed by atoms with E-state index < -0.39 is 0 Å². The summed E-state index contributed by atoms with van der Waals surface area (Å²) in [6, 6.07) is 6.62. The van der Waals surface area contributed by atoms with Gasteiger partial charge in [-0.25, -0.2) is 9.37 Å². The van der Waals surface area contributed by atoms with Gasteiger partial charge in [0.25, 0.3) is 0 Å². The van der Waals surface area contributed by atoms with Gasteiger partial charge in [0.05, 0.1) is 13.2 Å². The molecule has 0 spiro atoms. The van der Waals surface area contributed by atoms with Gasteiger partial charge >= 0.3 is 0 Å². The molecule has 4 nitrogen and oxygen atoms in total. The molecule has 1 fully saturated rings. The van der Waals surface area contributed by atoms with Crippen LogP contribution in [0.3, 0.4) is 0 Å². The lowest BCUT2D eigenvalue weighted by Gasteiger charge is -2.41. The molecule has 0 aliphatic carbocycles. The first-order valence-corrected chi connectivity index (χ1v) is 7.75. The van der Waals surface area contributed by atoms with Crippen LogP contribution in [0.1, 0.15) is 24.2 Å². The van der Waals surface area contributed by atoms with Crippen molar-refractivity contribution in [3.8, 4) is 0 Å². The molecule has 1 aromatic heterocycles. The first-order valence-electron chi connectivity index (χ1n) is 7.75. The highest BCUT2D eigenvalue weighted by Gasteiger charge is 2.35. The van der Waals surface area contributed by atoms with Crippen molar-refractivity contribution >= 4 is 0 Å². The first-order chi connectivity index (χ1) is 10.7. The van der Waals surface area contributed by atoms with E-state index in [1.54, 1.807) is 6.20 Å². The lowest BCUT2D eigenvalue weighted by Crippen LogP contribution is -2.46. The van der Waals surface area contributed by atoms with Gasteiger partial charge in [-0.1, -0.05) is 12.1 Å². The SMILES string of the molecule is OCC1(Cc2ccc(F)cc2)CCCN(Cc2ncc[nH]2)C1. The van der Waals surface area contributed by atoms with E-state index in [-0.39, 0.29) is 17.8 Å². The molecule has 1 aromatic carbocycles. The molecule has 1 atom stereocenters. The Morgan fingerprint density at radius 3 is 2.82 bits per heavy atom. The van der Waals surface area contributed by atoms with Crippen molar-refractivity contribution in [1.82, 2.24) is 14.9 Å². The number of aromatic nitrogens is 2. The van der Waals surface area contributed by atoms with Crippen LogP contribution in [0, 0.1) is 11.2 Å². The second-order valence-corrected chi connectivity index (χ2v) is 6.31. The molecule has 0 radical (unpaired) electrons. The monoisotopic (exact) mass is 303 g/mol. The van der Waals surface area contributed by atoms with Crippen molar-refractivity contribution in [3.63, 3.8) is 0 Å². The van der Waals surface area contributed by atoms with Crippen LogP contribution < -0.4 is 0 Å². The minimum Gasteiger partial charge on any atom is -0.396 e. The molecular weight excluding hydrogens is 281 g/mol. The van der Waals surface area contributed by atoms with Crippen molar-refractivity contribution in [3.05, 3.63) is 53.9 Å². The van der Waals surface area contributed by atoms with Crippen LogP contribution in [-0.4, -0.2) is 39.7 Å². The molecule has 2 aromatic rings. The van der Waals surface area contributed by atoms with Crippen molar-refractivity contribution < 1.29 is 9.50 Å². The minimum absolute atomic E-state index is 0.150. The van der Waals surface area contributed by atoms with Crippen LogP contribution in [0.5, 0.6) is 0 Å². The molecule has 0 amide bonds.